The number of aryl methyl sites for hydroxylation is 1. The fraction of sp³-hybridized carbons (Fsp3) is 0.500. The van der Waals surface area contributed by atoms with Crippen LogP contribution in [0.25, 0.3) is 21.7 Å². The van der Waals surface area contributed by atoms with Crippen LogP contribution in [0.4, 0.5) is 11.5 Å². The van der Waals surface area contributed by atoms with Crippen LogP contribution in [0.3, 0.4) is 0 Å². The molecule has 4 saturated heterocycles. The number of aromatic hydroxyl groups is 1. The summed E-state index contributed by atoms with van der Waals surface area (Å²) in [6, 6.07) is 18.9. The van der Waals surface area contributed by atoms with Crippen molar-refractivity contribution in [2.45, 2.75) is 76.7 Å². The van der Waals surface area contributed by atoms with E-state index in [1.165, 1.54) is 11.3 Å². The van der Waals surface area contributed by atoms with Gasteiger partial charge in [0, 0.05) is 76.5 Å². The molecule has 2 bridgehead atoms. The summed E-state index contributed by atoms with van der Waals surface area (Å²) in [5, 5.41) is 40.9. The number of rotatable bonds is 13. The average Bonchev–Trinajstić information content (AvgIpc) is 4.06. The fourth-order valence-corrected chi connectivity index (χ4v) is 11.8. The number of hydrogen-bond donors (Lipinski definition) is 4. The molecule has 0 radical (unpaired) electrons. The van der Waals surface area contributed by atoms with Gasteiger partial charge in [-0.2, -0.15) is 0 Å². The van der Waals surface area contributed by atoms with Gasteiger partial charge in [0.2, 0.25) is 11.8 Å². The fourth-order valence-electron chi connectivity index (χ4n) is 11.0. The number of phenols is 1. The van der Waals surface area contributed by atoms with E-state index in [2.05, 4.69) is 51.7 Å². The Kier molecular flexibility index (Phi) is 12.0. The summed E-state index contributed by atoms with van der Waals surface area (Å²) >= 11 is 1.60. The standard InChI is InChI=1S/C48H58N10O6S/c1-27(2)43(48(62)58-25-35(59)18-39(58)47(61)51-28(3)30-9-11-31(12-10-30)45-29(4)50-26-65-45)41-20-42(54-64-41)63-16-15-55-22-32-17-33(23-55)44(32)56-13-14-57-34(24-56)21-49-46-38(57)19-37(52-53-46)36-7-5-6-8-40(36)60/h5-12,19-20,26-28,32-35,39,43-44,59-60H,13-18,21-25H2,1-4H3,(H,49,53)(H,51,61)/t28-,32?,33?,34-,35+,39-,43+,44?/m0/s1. The summed E-state index contributed by atoms with van der Waals surface area (Å²) in [4.78, 5) is 42.6. The minimum atomic E-state index is -0.818. The van der Waals surface area contributed by atoms with Gasteiger partial charge in [-0.05, 0) is 72.5 Å². The highest BCUT2D eigenvalue weighted by molar-refractivity contribution is 7.13. The van der Waals surface area contributed by atoms with Crippen molar-refractivity contribution in [3.05, 3.63) is 83.2 Å². The molecule has 0 spiro atoms. The number of piperidine rings is 2. The first-order valence-electron chi connectivity index (χ1n) is 23.0. The maximum Gasteiger partial charge on any atom is 0.254 e. The van der Waals surface area contributed by atoms with Crippen LogP contribution in [0, 0.1) is 24.7 Å². The third-order valence-electron chi connectivity index (χ3n) is 14.3. The maximum atomic E-state index is 14.3. The number of ether oxygens (including phenoxy) is 1. The molecular weight excluding hydrogens is 845 g/mol. The highest BCUT2D eigenvalue weighted by Crippen LogP contribution is 2.45. The predicted octanol–water partition coefficient (Wildman–Crippen LogP) is 5.16. The largest absolute Gasteiger partial charge is 0.507 e. The first-order chi connectivity index (χ1) is 31.5. The maximum absolute atomic E-state index is 14.3. The zero-order chi connectivity index (χ0) is 44.9. The second kappa shape index (κ2) is 18.0. The summed E-state index contributed by atoms with van der Waals surface area (Å²) < 4.78 is 11.9. The van der Waals surface area contributed by atoms with Crippen LogP contribution in [-0.4, -0.2) is 140 Å². The molecule has 5 aromatic rings. The number of benzene rings is 2. The SMILES string of the molecule is Cc1ncsc1-c1ccc([C@H](C)NC(=O)[C@@H]2C[C@@H](O)CN2C(=O)[C@@H](c2cc(OCCN3CC4CC(C3)C4N3CCN4c5cc(-c6ccccc6O)nnc5NC[C@H]4C3)no2)C(C)C)cc1. The molecular formula is C48H58N10O6S. The number of para-hydroxylation sites is 1. The van der Waals surface area contributed by atoms with Gasteiger partial charge in [-0.15, -0.1) is 21.5 Å². The molecule has 16 nitrogen and oxygen atoms in total. The minimum Gasteiger partial charge on any atom is -0.507 e. The van der Waals surface area contributed by atoms with Gasteiger partial charge in [-0.1, -0.05) is 50.2 Å². The van der Waals surface area contributed by atoms with Crippen molar-refractivity contribution in [1.29, 1.82) is 0 Å². The molecule has 5 aliphatic heterocycles. The Labute approximate surface area is 383 Å². The molecule has 2 aromatic carbocycles. The van der Waals surface area contributed by atoms with Crippen molar-refractivity contribution in [3.63, 3.8) is 0 Å². The van der Waals surface area contributed by atoms with Gasteiger partial charge in [-0.25, -0.2) is 4.98 Å². The zero-order valence-corrected chi connectivity index (χ0v) is 38.2. The molecule has 17 heteroatoms. The molecule has 342 valence electrons. The van der Waals surface area contributed by atoms with Crippen LogP contribution in [0.1, 0.15) is 62.6 Å². The molecule has 1 saturated carbocycles. The first-order valence-corrected chi connectivity index (χ1v) is 23.9. The monoisotopic (exact) mass is 902 g/mol. The molecule has 7 atom stereocenters. The normalized spacial score (nSPS) is 25.0. The molecule has 2 unspecified atom stereocenters. The Hall–Kier alpha value is -5.62. The average molecular weight is 903 g/mol. The summed E-state index contributed by atoms with van der Waals surface area (Å²) in [6.45, 7) is 14.8. The first kappa shape index (κ1) is 43.3. The van der Waals surface area contributed by atoms with Crippen molar-refractivity contribution >= 4 is 34.7 Å². The van der Waals surface area contributed by atoms with Crippen LogP contribution in [0.2, 0.25) is 0 Å². The molecule has 1 aliphatic carbocycles. The van der Waals surface area contributed by atoms with E-state index in [0.717, 1.165) is 79.0 Å². The molecule has 11 rings (SSSR count). The van der Waals surface area contributed by atoms with Gasteiger partial charge in [0.25, 0.3) is 5.88 Å². The topological polar surface area (TPSA) is 186 Å². The van der Waals surface area contributed by atoms with E-state index in [9.17, 15) is 19.8 Å². The second-order valence-electron chi connectivity index (χ2n) is 18.9. The number of nitrogens with one attached hydrogen (secondary N) is 2. The number of hydrogen-bond acceptors (Lipinski definition) is 15. The van der Waals surface area contributed by atoms with Crippen molar-refractivity contribution in [2.24, 2.45) is 17.8 Å². The molecule has 8 heterocycles. The second-order valence-corrected chi connectivity index (χ2v) is 19.7. The number of phenolic OH excluding ortho intramolecular Hbond substituents is 1. The number of nitrogens with zero attached hydrogens (tertiary/aromatic N) is 8. The van der Waals surface area contributed by atoms with Crippen molar-refractivity contribution < 1.29 is 29.1 Å². The zero-order valence-electron chi connectivity index (χ0n) is 37.3. The van der Waals surface area contributed by atoms with E-state index in [0.29, 0.717) is 53.4 Å². The van der Waals surface area contributed by atoms with Crippen molar-refractivity contribution in [1.82, 2.24) is 40.4 Å². The number of amides is 2. The van der Waals surface area contributed by atoms with Crippen LogP contribution >= 0.6 is 11.3 Å². The Balaban J connectivity index is 0.705. The number of aliphatic hydroxyl groups excluding tert-OH is 1. The van der Waals surface area contributed by atoms with E-state index in [-0.39, 0.29) is 42.5 Å². The highest BCUT2D eigenvalue weighted by atomic mass is 32.1. The van der Waals surface area contributed by atoms with E-state index >= 15 is 0 Å². The van der Waals surface area contributed by atoms with Crippen LogP contribution in [0.15, 0.2) is 70.7 Å². The number of carbonyl (C=O) groups is 2. The van der Waals surface area contributed by atoms with Gasteiger partial charge in [0.15, 0.2) is 11.6 Å². The van der Waals surface area contributed by atoms with Crippen LogP contribution in [-0.2, 0) is 9.59 Å². The molecule has 2 amide bonds. The number of likely N-dealkylation sites (tertiary alicyclic amines) is 1. The third-order valence-corrected chi connectivity index (χ3v) is 15.3. The lowest BCUT2D eigenvalue weighted by Crippen LogP contribution is -2.69. The number of β-amino-alcohol motifs (C(OH)–C–C–N with tert-alkyl or cyclic N) is 1. The van der Waals surface area contributed by atoms with E-state index in [1.54, 1.807) is 23.5 Å². The van der Waals surface area contributed by atoms with E-state index in [4.69, 9.17) is 9.26 Å². The van der Waals surface area contributed by atoms with E-state index in [1.807, 2.05) is 75.7 Å². The summed E-state index contributed by atoms with van der Waals surface area (Å²) in [5.74, 6) is 1.49. The number of piperazine rings is 1. The summed E-state index contributed by atoms with van der Waals surface area (Å²) in [7, 11) is 0. The molecule has 6 aliphatic rings. The Morgan fingerprint density at radius 1 is 1.00 bits per heavy atom. The minimum absolute atomic E-state index is 0.0639. The van der Waals surface area contributed by atoms with Crippen molar-refractivity contribution in [3.8, 4) is 33.3 Å². The van der Waals surface area contributed by atoms with Crippen LogP contribution < -0.4 is 20.3 Å². The van der Waals surface area contributed by atoms with Gasteiger partial charge < -0.3 is 39.9 Å². The molecule has 5 fully saturated rings. The molecule has 4 N–H and O–H groups in total. The Morgan fingerprint density at radius 2 is 1.80 bits per heavy atom. The number of fused-ring (bicyclic) bond motifs is 5. The third kappa shape index (κ3) is 8.54. The Bertz CT molecular complexity index is 2500. The Morgan fingerprint density at radius 3 is 2.55 bits per heavy atom. The van der Waals surface area contributed by atoms with Gasteiger partial charge in [0.05, 0.1) is 45.7 Å². The van der Waals surface area contributed by atoms with Crippen molar-refractivity contribution in [2.75, 3.05) is 69.2 Å². The van der Waals surface area contributed by atoms with Gasteiger partial charge in [-0.3, -0.25) is 19.4 Å². The number of anilines is 2. The predicted molar refractivity (Wildman–Crippen MR) is 247 cm³/mol. The number of aromatic nitrogens is 4. The van der Waals surface area contributed by atoms with Crippen LogP contribution in [0.5, 0.6) is 11.6 Å². The summed E-state index contributed by atoms with van der Waals surface area (Å²) in [6.07, 6.45) is 0.596. The quantitative estimate of drug-likeness (QED) is 0.121. The lowest BCUT2D eigenvalue weighted by atomic mass is 9.65. The summed E-state index contributed by atoms with van der Waals surface area (Å²) in [5.41, 5.74) is 7.23. The smallest absolute Gasteiger partial charge is 0.254 e. The lowest BCUT2D eigenvalue weighted by Gasteiger charge is -2.60. The number of aliphatic hydroxyl groups is 1. The van der Waals surface area contributed by atoms with E-state index < -0.39 is 18.1 Å². The number of carbonyl (C=O) groups excluding carboxylic acids is 2. The highest BCUT2D eigenvalue weighted by Gasteiger charge is 2.51. The molecule has 65 heavy (non-hydrogen) atoms. The lowest BCUT2D eigenvalue weighted by molar-refractivity contribution is -0.141. The molecule has 3 aromatic heterocycles. The van der Waals surface area contributed by atoms with Gasteiger partial charge >= 0.3 is 0 Å². The number of thiazole rings is 1. The van der Waals surface area contributed by atoms with Gasteiger partial charge in [0.1, 0.15) is 24.3 Å².